The average molecular weight is 260 g/mol. The van der Waals surface area contributed by atoms with Crippen molar-refractivity contribution in [3.63, 3.8) is 0 Å². The Morgan fingerprint density at radius 3 is 2.84 bits per heavy atom. The molecule has 2 aromatic rings. The smallest absolute Gasteiger partial charge is 0.359 e. The molecule has 0 aromatic carbocycles. The molecule has 6 nitrogen and oxygen atoms in total. The van der Waals surface area contributed by atoms with Crippen molar-refractivity contribution >= 4 is 17.5 Å². The highest BCUT2D eigenvalue weighted by molar-refractivity contribution is 5.94. The van der Waals surface area contributed by atoms with Crippen LogP contribution in [0.1, 0.15) is 23.1 Å². The number of anilines is 2. The lowest BCUT2D eigenvalue weighted by Crippen LogP contribution is -2.12. The number of carbonyl (C=O) groups is 1. The number of esters is 1. The van der Waals surface area contributed by atoms with Crippen LogP contribution < -0.4 is 5.32 Å². The summed E-state index contributed by atoms with van der Waals surface area (Å²) < 4.78 is 6.68. The van der Waals surface area contributed by atoms with Crippen LogP contribution in [0, 0.1) is 6.92 Å². The van der Waals surface area contributed by atoms with Crippen molar-refractivity contribution in [3.05, 3.63) is 35.8 Å². The first-order valence-electron chi connectivity index (χ1n) is 6.01. The van der Waals surface area contributed by atoms with E-state index in [2.05, 4.69) is 15.4 Å². The van der Waals surface area contributed by atoms with Gasteiger partial charge in [-0.3, -0.25) is 4.68 Å². The number of carbonyl (C=O) groups excluding carboxylic acids is 1. The quantitative estimate of drug-likeness (QED) is 0.852. The number of hydrogen-bond donors (Lipinski definition) is 1. The molecular formula is C13H16N4O2. The lowest BCUT2D eigenvalue weighted by atomic mass is 10.2. The normalized spacial score (nSPS) is 10.3. The highest BCUT2D eigenvalue weighted by Gasteiger charge is 2.15. The van der Waals surface area contributed by atoms with Gasteiger partial charge in [-0.1, -0.05) is 0 Å². The van der Waals surface area contributed by atoms with E-state index in [0.29, 0.717) is 12.3 Å². The number of ether oxygens (including phenoxy) is 1. The fourth-order valence-electron chi connectivity index (χ4n) is 1.65. The van der Waals surface area contributed by atoms with Crippen LogP contribution in [-0.4, -0.2) is 27.3 Å². The molecule has 0 atom stereocenters. The predicted molar refractivity (Wildman–Crippen MR) is 71.4 cm³/mol. The van der Waals surface area contributed by atoms with Crippen molar-refractivity contribution in [2.24, 2.45) is 7.05 Å². The molecule has 0 aliphatic rings. The Morgan fingerprint density at radius 2 is 2.21 bits per heavy atom. The largest absolute Gasteiger partial charge is 0.461 e. The molecule has 0 unspecified atom stereocenters. The van der Waals surface area contributed by atoms with Crippen LogP contribution in [0.25, 0.3) is 0 Å². The summed E-state index contributed by atoms with van der Waals surface area (Å²) in [6, 6.07) is 5.46. The second-order valence-corrected chi connectivity index (χ2v) is 4.03. The van der Waals surface area contributed by atoms with Gasteiger partial charge < -0.3 is 10.1 Å². The Bertz CT molecular complexity index is 592. The van der Waals surface area contributed by atoms with Crippen molar-refractivity contribution in [3.8, 4) is 0 Å². The van der Waals surface area contributed by atoms with Gasteiger partial charge in [0.05, 0.1) is 18.5 Å². The Hall–Kier alpha value is -2.37. The monoisotopic (exact) mass is 260 g/mol. The maximum atomic E-state index is 11.9. The van der Waals surface area contributed by atoms with Crippen LogP contribution in [0.3, 0.4) is 0 Å². The molecule has 1 N–H and O–H groups in total. The van der Waals surface area contributed by atoms with Crippen molar-refractivity contribution in [1.29, 1.82) is 0 Å². The summed E-state index contributed by atoms with van der Waals surface area (Å²) >= 11 is 0. The van der Waals surface area contributed by atoms with Gasteiger partial charge >= 0.3 is 5.97 Å². The lowest BCUT2D eigenvalue weighted by molar-refractivity contribution is 0.0520. The van der Waals surface area contributed by atoms with E-state index < -0.39 is 5.97 Å². The number of hydrogen-bond acceptors (Lipinski definition) is 5. The Labute approximate surface area is 111 Å². The van der Waals surface area contributed by atoms with Crippen molar-refractivity contribution in [2.75, 3.05) is 11.9 Å². The highest BCUT2D eigenvalue weighted by Crippen LogP contribution is 2.20. The maximum Gasteiger partial charge on any atom is 0.359 e. The van der Waals surface area contributed by atoms with Crippen LogP contribution in [0.4, 0.5) is 11.5 Å². The topological polar surface area (TPSA) is 69.0 Å². The SMILES string of the molecule is CCOC(=O)c1nc(C)ccc1Nc1ccnn1C. The third-order valence-electron chi connectivity index (χ3n) is 2.59. The molecule has 0 saturated carbocycles. The van der Waals surface area contributed by atoms with E-state index in [4.69, 9.17) is 4.74 Å². The molecule has 0 aliphatic heterocycles. The van der Waals surface area contributed by atoms with E-state index in [-0.39, 0.29) is 5.69 Å². The third-order valence-corrected chi connectivity index (χ3v) is 2.59. The van der Waals surface area contributed by atoms with Crippen molar-refractivity contribution < 1.29 is 9.53 Å². The Morgan fingerprint density at radius 1 is 1.42 bits per heavy atom. The molecule has 0 amide bonds. The van der Waals surface area contributed by atoms with Crippen LogP contribution in [0.15, 0.2) is 24.4 Å². The first-order chi connectivity index (χ1) is 9.11. The van der Waals surface area contributed by atoms with Gasteiger partial charge in [0.2, 0.25) is 0 Å². The van der Waals surface area contributed by atoms with Gasteiger partial charge in [0.15, 0.2) is 5.69 Å². The van der Waals surface area contributed by atoms with E-state index in [9.17, 15) is 4.79 Å². The number of nitrogens with zero attached hydrogens (tertiary/aromatic N) is 3. The van der Waals surface area contributed by atoms with Gasteiger partial charge in [0.1, 0.15) is 5.82 Å². The van der Waals surface area contributed by atoms with Gasteiger partial charge in [0, 0.05) is 18.8 Å². The first kappa shape index (κ1) is 13.1. The van der Waals surface area contributed by atoms with Crippen LogP contribution in [-0.2, 0) is 11.8 Å². The van der Waals surface area contributed by atoms with E-state index in [1.54, 1.807) is 17.8 Å². The minimum atomic E-state index is -0.434. The molecule has 0 fully saturated rings. The second kappa shape index (κ2) is 5.51. The zero-order valence-corrected chi connectivity index (χ0v) is 11.2. The molecule has 6 heteroatoms. The van der Waals surface area contributed by atoms with Crippen LogP contribution >= 0.6 is 0 Å². The molecule has 2 heterocycles. The van der Waals surface area contributed by atoms with Crippen molar-refractivity contribution in [1.82, 2.24) is 14.8 Å². The van der Waals surface area contributed by atoms with Crippen molar-refractivity contribution in [2.45, 2.75) is 13.8 Å². The fourth-order valence-corrected chi connectivity index (χ4v) is 1.65. The minimum absolute atomic E-state index is 0.281. The molecule has 0 bridgehead atoms. The fraction of sp³-hybridized carbons (Fsp3) is 0.308. The number of nitrogens with one attached hydrogen (secondary N) is 1. The number of aromatic nitrogens is 3. The van der Waals surface area contributed by atoms with E-state index >= 15 is 0 Å². The average Bonchev–Trinajstić information content (AvgIpc) is 2.77. The van der Waals surface area contributed by atoms with Gasteiger partial charge in [0.25, 0.3) is 0 Å². The van der Waals surface area contributed by atoms with Gasteiger partial charge in [-0.25, -0.2) is 9.78 Å². The molecule has 100 valence electrons. The molecule has 2 aromatic heterocycles. The minimum Gasteiger partial charge on any atom is -0.461 e. The van der Waals surface area contributed by atoms with Crippen LogP contribution in [0.2, 0.25) is 0 Å². The number of pyridine rings is 1. The summed E-state index contributed by atoms with van der Waals surface area (Å²) in [5, 5.41) is 7.18. The summed E-state index contributed by atoms with van der Waals surface area (Å²) in [6.45, 7) is 3.91. The Balaban J connectivity index is 2.34. The third kappa shape index (κ3) is 2.90. The zero-order valence-electron chi connectivity index (χ0n) is 11.2. The maximum absolute atomic E-state index is 11.9. The van der Waals surface area contributed by atoms with Gasteiger partial charge in [-0.15, -0.1) is 0 Å². The van der Waals surface area contributed by atoms with E-state index in [0.717, 1.165) is 11.5 Å². The summed E-state index contributed by atoms with van der Waals surface area (Å²) in [5.74, 6) is 0.340. The molecule has 0 spiro atoms. The Kier molecular flexibility index (Phi) is 3.79. The predicted octanol–water partition coefficient (Wildman–Crippen LogP) is 2.04. The van der Waals surface area contributed by atoms with Crippen LogP contribution in [0.5, 0.6) is 0 Å². The molecule has 0 aliphatic carbocycles. The van der Waals surface area contributed by atoms with E-state index in [1.165, 1.54) is 0 Å². The standard InChI is InChI=1S/C13H16N4O2/c1-4-19-13(18)12-10(6-5-9(2)15-12)16-11-7-8-14-17(11)3/h5-8,16H,4H2,1-3H3. The summed E-state index contributed by atoms with van der Waals surface area (Å²) in [7, 11) is 1.81. The highest BCUT2D eigenvalue weighted by atomic mass is 16.5. The molecule has 19 heavy (non-hydrogen) atoms. The molecule has 0 saturated heterocycles. The van der Waals surface area contributed by atoms with Gasteiger partial charge in [-0.2, -0.15) is 5.10 Å². The molecule has 2 rings (SSSR count). The molecule has 0 radical (unpaired) electrons. The zero-order chi connectivity index (χ0) is 13.8. The molecular weight excluding hydrogens is 244 g/mol. The lowest BCUT2D eigenvalue weighted by Gasteiger charge is -2.11. The number of rotatable bonds is 4. The summed E-state index contributed by atoms with van der Waals surface area (Å²) in [4.78, 5) is 16.1. The van der Waals surface area contributed by atoms with Gasteiger partial charge in [-0.05, 0) is 26.0 Å². The first-order valence-corrected chi connectivity index (χ1v) is 6.01. The second-order valence-electron chi connectivity index (χ2n) is 4.03. The number of aryl methyl sites for hydroxylation is 2. The van der Waals surface area contributed by atoms with E-state index in [1.807, 2.05) is 32.2 Å². The summed E-state index contributed by atoms with van der Waals surface area (Å²) in [6.07, 6.45) is 1.67. The summed E-state index contributed by atoms with van der Waals surface area (Å²) in [5.41, 5.74) is 1.65.